The summed E-state index contributed by atoms with van der Waals surface area (Å²) in [6.45, 7) is 4.73. The number of likely N-dealkylation sites (tertiary alicyclic amines) is 1. The van der Waals surface area contributed by atoms with E-state index in [1.807, 2.05) is 0 Å². The molecule has 0 aromatic carbocycles. The molecule has 0 aromatic heterocycles. The van der Waals surface area contributed by atoms with Crippen LogP contribution in [0, 0.1) is 17.8 Å². The lowest BCUT2D eigenvalue weighted by Gasteiger charge is -2.19. The molecule has 0 radical (unpaired) electrons. The zero-order valence-electron chi connectivity index (χ0n) is 22.3. The highest BCUT2D eigenvalue weighted by Crippen LogP contribution is 2.45. The van der Waals surface area contributed by atoms with Crippen molar-refractivity contribution >= 4 is 29.5 Å². The molecular weight excluding hydrogens is 506 g/mol. The summed E-state index contributed by atoms with van der Waals surface area (Å²) in [5, 5.41) is 0. The Morgan fingerprint density at radius 3 is 1.97 bits per heavy atom. The molecule has 6 aliphatic rings. The van der Waals surface area contributed by atoms with E-state index >= 15 is 0 Å². The van der Waals surface area contributed by atoms with Crippen LogP contribution in [0.15, 0.2) is 47.0 Å². The minimum absolute atomic E-state index is 0.0311. The van der Waals surface area contributed by atoms with E-state index in [0.29, 0.717) is 35.0 Å². The Morgan fingerprint density at radius 1 is 0.846 bits per heavy atom. The van der Waals surface area contributed by atoms with Crippen LogP contribution in [0.1, 0.15) is 65.7 Å². The molecule has 6 rings (SSSR count). The van der Waals surface area contributed by atoms with Crippen LogP contribution in [0.3, 0.4) is 0 Å². The smallest absolute Gasteiger partial charge is 0.336 e. The van der Waals surface area contributed by atoms with E-state index in [1.54, 1.807) is 26.0 Å². The van der Waals surface area contributed by atoms with Crippen LogP contribution in [0.4, 0.5) is 0 Å². The molecule has 0 aromatic rings. The van der Waals surface area contributed by atoms with Crippen LogP contribution in [-0.4, -0.2) is 53.1 Å². The maximum Gasteiger partial charge on any atom is 0.336 e. The largest absolute Gasteiger partial charge is 0.458 e. The molecule has 3 aliphatic heterocycles. The zero-order valence-corrected chi connectivity index (χ0v) is 22.3. The number of carbonyl (C=O) groups excluding carboxylic acids is 5. The van der Waals surface area contributed by atoms with Gasteiger partial charge in [-0.15, -0.1) is 0 Å². The normalized spacial score (nSPS) is 34.9. The maximum absolute atomic E-state index is 12.3. The monoisotopic (exact) mass is 539 g/mol. The predicted molar refractivity (Wildman–Crippen MR) is 135 cm³/mol. The van der Waals surface area contributed by atoms with Gasteiger partial charge in [0.1, 0.15) is 0 Å². The molecule has 6 unspecified atom stereocenters. The van der Waals surface area contributed by atoms with Crippen molar-refractivity contribution in [3.05, 3.63) is 47.0 Å². The van der Waals surface area contributed by atoms with Gasteiger partial charge in [-0.25, -0.2) is 9.59 Å². The van der Waals surface area contributed by atoms with Gasteiger partial charge in [-0.05, 0) is 51.4 Å². The van der Waals surface area contributed by atoms with Crippen molar-refractivity contribution in [1.29, 1.82) is 0 Å². The van der Waals surface area contributed by atoms with Gasteiger partial charge in [-0.3, -0.25) is 19.3 Å². The fourth-order valence-electron chi connectivity index (χ4n) is 6.41. The second kappa shape index (κ2) is 10.8. The van der Waals surface area contributed by atoms with Gasteiger partial charge in [0.25, 0.3) is 18.5 Å². The van der Waals surface area contributed by atoms with Crippen LogP contribution in [0.2, 0.25) is 0 Å². The first kappa shape index (κ1) is 26.9. The number of cyclic esters (lactones) is 2. The summed E-state index contributed by atoms with van der Waals surface area (Å²) in [4.78, 5) is 59.6. The number of hydrogen-bond acceptors (Lipinski definition) is 9. The summed E-state index contributed by atoms with van der Waals surface area (Å²) in [7, 11) is 0. The Bertz CT molecular complexity index is 1220. The molecule has 10 heteroatoms. The number of esters is 2. The number of hydrogen-bond donors (Lipinski definition) is 0. The van der Waals surface area contributed by atoms with E-state index in [9.17, 15) is 24.0 Å². The van der Waals surface area contributed by atoms with E-state index in [4.69, 9.17) is 18.9 Å². The summed E-state index contributed by atoms with van der Waals surface area (Å²) < 4.78 is 20.7. The highest BCUT2D eigenvalue weighted by molar-refractivity contribution is 6.06. The molecule has 0 N–H and O–H groups in total. The predicted octanol–water partition coefficient (Wildman–Crippen LogP) is 3.38. The minimum Gasteiger partial charge on any atom is -0.458 e. The molecule has 0 bridgehead atoms. The van der Waals surface area contributed by atoms with Gasteiger partial charge in [0.15, 0.2) is 5.78 Å². The Balaban J connectivity index is 0.000000160. The maximum atomic E-state index is 12.3. The van der Waals surface area contributed by atoms with Crippen LogP contribution < -0.4 is 0 Å². The highest BCUT2D eigenvalue weighted by atomic mass is 16.7. The number of fused-ring (bicyclic) bond motifs is 2. The first-order chi connectivity index (χ1) is 18.6. The lowest BCUT2D eigenvalue weighted by atomic mass is 9.98. The molecule has 3 saturated carbocycles. The molecule has 4 fully saturated rings. The summed E-state index contributed by atoms with van der Waals surface area (Å²) in [5.74, 6) is -0.200. The fraction of sp³-hybridized carbons (Fsp3) is 0.552. The first-order valence-corrected chi connectivity index (χ1v) is 13.5. The Morgan fingerprint density at radius 2 is 1.41 bits per heavy atom. The van der Waals surface area contributed by atoms with E-state index in [2.05, 4.69) is 0 Å². The van der Waals surface area contributed by atoms with Crippen molar-refractivity contribution < 1.29 is 42.9 Å². The molecule has 10 nitrogen and oxygen atoms in total. The lowest BCUT2D eigenvalue weighted by Crippen LogP contribution is -2.37. The molecule has 3 heterocycles. The first-order valence-electron chi connectivity index (χ1n) is 13.5. The van der Waals surface area contributed by atoms with Crippen LogP contribution >= 0.6 is 0 Å². The number of rotatable bonds is 4. The number of nitrogens with zero attached hydrogens (tertiary/aromatic N) is 1. The SMILES string of the molecule is CC(=O)N1C(=O)/C(=C/OC2C=C(C)C(=O)O2)C2CCCC21.CC1=CC(O/C=C2/C(=O)CC3CCCC23)OC1=O. The van der Waals surface area contributed by atoms with E-state index in [0.717, 1.165) is 37.7 Å². The highest BCUT2D eigenvalue weighted by Gasteiger charge is 2.48. The van der Waals surface area contributed by atoms with Gasteiger partial charge in [0.2, 0.25) is 5.91 Å². The number of ether oxygens (including phenoxy) is 4. The summed E-state index contributed by atoms with van der Waals surface area (Å²) in [6.07, 6.45) is 11.4. The number of imide groups is 1. The van der Waals surface area contributed by atoms with Crippen molar-refractivity contribution in [3.8, 4) is 0 Å². The average molecular weight is 540 g/mol. The van der Waals surface area contributed by atoms with Crippen molar-refractivity contribution in [3.63, 3.8) is 0 Å². The molecule has 3 aliphatic carbocycles. The molecule has 1 saturated heterocycles. The Labute approximate surface area is 226 Å². The van der Waals surface area contributed by atoms with Gasteiger partial charge >= 0.3 is 11.9 Å². The summed E-state index contributed by atoms with van der Waals surface area (Å²) >= 11 is 0. The van der Waals surface area contributed by atoms with Crippen molar-refractivity contribution in [2.24, 2.45) is 17.8 Å². The van der Waals surface area contributed by atoms with Crippen LogP contribution in [0.5, 0.6) is 0 Å². The molecule has 0 spiro atoms. The fourth-order valence-corrected chi connectivity index (χ4v) is 6.41. The molecule has 39 heavy (non-hydrogen) atoms. The summed E-state index contributed by atoms with van der Waals surface area (Å²) in [5.41, 5.74) is 2.32. The molecule has 2 amide bonds. The van der Waals surface area contributed by atoms with Crippen molar-refractivity contribution in [2.75, 3.05) is 0 Å². The number of Topliss-reactive ketones (excluding diaryl/α,β-unsaturated/α-hetero) is 1. The van der Waals surface area contributed by atoms with Gasteiger partial charge in [0, 0.05) is 54.2 Å². The molecular formula is C29H33NO9. The van der Waals surface area contributed by atoms with Gasteiger partial charge in [-0.1, -0.05) is 12.8 Å². The van der Waals surface area contributed by atoms with Gasteiger partial charge < -0.3 is 18.9 Å². The average Bonchev–Trinajstić information content (AvgIpc) is 3.70. The number of carbonyl (C=O) groups is 5. The molecule has 208 valence electrons. The third kappa shape index (κ3) is 5.29. The third-order valence-corrected chi connectivity index (χ3v) is 8.36. The van der Waals surface area contributed by atoms with Gasteiger partial charge in [0.05, 0.1) is 18.1 Å². The second-order valence-corrected chi connectivity index (χ2v) is 10.9. The molecule has 6 atom stereocenters. The van der Waals surface area contributed by atoms with Crippen molar-refractivity contribution in [2.45, 2.75) is 84.3 Å². The topological polar surface area (TPSA) is 126 Å². The minimum atomic E-state index is -0.788. The van der Waals surface area contributed by atoms with Gasteiger partial charge in [-0.2, -0.15) is 0 Å². The van der Waals surface area contributed by atoms with E-state index in [1.165, 1.54) is 30.8 Å². The number of ketones is 1. The zero-order chi connectivity index (χ0) is 27.8. The van der Waals surface area contributed by atoms with Crippen LogP contribution in [0.25, 0.3) is 0 Å². The third-order valence-electron chi connectivity index (χ3n) is 8.36. The Kier molecular flexibility index (Phi) is 7.46. The number of amides is 2. The van der Waals surface area contributed by atoms with E-state index in [-0.39, 0.29) is 35.5 Å². The lowest BCUT2D eigenvalue weighted by molar-refractivity contribution is -0.153. The summed E-state index contributed by atoms with van der Waals surface area (Å²) in [6, 6.07) is -0.0479. The van der Waals surface area contributed by atoms with E-state index < -0.39 is 18.5 Å². The standard InChI is InChI=1S/C15H17NO5.C14H16O4/c1-8-6-13(21-15(8)19)20-7-11-10-4-3-5-12(10)16(9(2)17)14(11)18;1-8-5-13(18-14(8)16)17-7-11-10-4-2-3-9(10)6-12(11)15/h6-7,10,12-13H,3-5H2,1-2H3;5,7,9-10,13H,2-4,6H2,1H3/b2*11-7+. The Hall–Kier alpha value is -3.69. The van der Waals surface area contributed by atoms with Crippen molar-refractivity contribution in [1.82, 2.24) is 4.90 Å². The quantitative estimate of drug-likeness (QED) is 0.300. The number of allylic oxidation sites excluding steroid dienone is 1. The second-order valence-electron chi connectivity index (χ2n) is 10.9. The van der Waals surface area contributed by atoms with Crippen LogP contribution in [-0.2, 0) is 42.9 Å².